The van der Waals surface area contributed by atoms with Gasteiger partial charge < -0.3 is 14.7 Å². The molecule has 0 aliphatic carbocycles. The maximum absolute atomic E-state index is 12.8. The van der Waals surface area contributed by atoms with E-state index in [1.165, 1.54) is 0 Å². The minimum Gasteiger partial charge on any atom is -0.338 e. The standard InChI is InChI=1S/C23H25N5O3S/c29-21-7-2-10-28(21)18-5-1-4-17(14-18)24-23(30)16-8-11-27(12-9-16)15-20-25-22(26-31-20)19-6-3-13-32-19/h1,3-6,13-14,16H,2,7-12,15H2,(H,24,30). The van der Waals surface area contributed by atoms with Crippen LogP contribution in [0.1, 0.15) is 31.6 Å². The van der Waals surface area contributed by atoms with E-state index in [4.69, 9.17) is 4.52 Å². The van der Waals surface area contributed by atoms with Crippen LogP contribution < -0.4 is 10.2 Å². The molecule has 0 spiro atoms. The van der Waals surface area contributed by atoms with Crippen LogP contribution >= 0.6 is 11.3 Å². The van der Waals surface area contributed by atoms with Crippen molar-refractivity contribution < 1.29 is 14.1 Å². The predicted molar refractivity (Wildman–Crippen MR) is 122 cm³/mol. The highest BCUT2D eigenvalue weighted by molar-refractivity contribution is 7.13. The Balaban J connectivity index is 1.13. The molecule has 9 heteroatoms. The summed E-state index contributed by atoms with van der Waals surface area (Å²) >= 11 is 1.59. The maximum atomic E-state index is 12.8. The second kappa shape index (κ2) is 9.22. The van der Waals surface area contributed by atoms with Crippen molar-refractivity contribution in [3.05, 3.63) is 47.7 Å². The first-order chi connectivity index (χ1) is 15.7. The summed E-state index contributed by atoms with van der Waals surface area (Å²) in [5.41, 5.74) is 1.59. The molecule has 2 aliphatic heterocycles. The number of carbonyl (C=O) groups excluding carboxylic acids is 2. The molecule has 2 amide bonds. The highest BCUT2D eigenvalue weighted by Crippen LogP contribution is 2.26. The van der Waals surface area contributed by atoms with Gasteiger partial charge in [-0.2, -0.15) is 4.98 Å². The summed E-state index contributed by atoms with van der Waals surface area (Å²) in [6, 6.07) is 11.5. The topological polar surface area (TPSA) is 91.6 Å². The normalized spacial score (nSPS) is 17.8. The number of anilines is 2. The summed E-state index contributed by atoms with van der Waals surface area (Å²) in [4.78, 5) is 34.3. The van der Waals surface area contributed by atoms with Crippen molar-refractivity contribution in [3.63, 3.8) is 0 Å². The number of nitrogens with one attached hydrogen (secondary N) is 1. The lowest BCUT2D eigenvalue weighted by atomic mass is 9.96. The van der Waals surface area contributed by atoms with Gasteiger partial charge in [-0.25, -0.2) is 0 Å². The van der Waals surface area contributed by atoms with Gasteiger partial charge in [0.1, 0.15) is 0 Å². The van der Waals surface area contributed by atoms with Crippen molar-refractivity contribution >= 4 is 34.5 Å². The van der Waals surface area contributed by atoms with E-state index < -0.39 is 0 Å². The van der Waals surface area contributed by atoms with Crippen LogP contribution in [0.2, 0.25) is 0 Å². The minimum atomic E-state index is -0.0345. The Kier molecular flexibility index (Phi) is 6.00. The van der Waals surface area contributed by atoms with E-state index in [1.807, 2.05) is 41.8 Å². The lowest BCUT2D eigenvalue weighted by Gasteiger charge is -2.30. The third-order valence-corrected chi connectivity index (χ3v) is 6.89. The van der Waals surface area contributed by atoms with Gasteiger partial charge in [-0.1, -0.05) is 17.3 Å². The van der Waals surface area contributed by atoms with Crippen LogP contribution in [-0.2, 0) is 16.1 Å². The summed E-state index contributed by atoms with van der Waals surface area (Å²) in [5.74, 6) is 1.37. The predicted octanol–water partition coefficient (Wildman–Crippen LogP) is 3.78. The van der Waals surface area contributed by atoms with Gasteiger partial charge in [-0.15, -0.1) is 11.3 Å². The van der Waals surface area contributed by atoms with Crippen molar-refractivity contribution in [2.75, 3.05) is 29.9 Å². The number of hydrogen-bond donors (Lipinski definition) is 1. The summed E-state index contributed by atoms with van der Waals surface area (Å²) in [7, 11) is 0. The number of piperidine rings is 1. The second-order valence-electron chi connectivity index (χ2n) is 8.23. The molecule has 2 fully saturated rings. The quantitative estimate of drug-likeness (QED) is 0.613. The Bertz CT molecular complexity index is 1090. The minimum absolute atomic E-state index is 0.0345. The zero-order valence-electron chi connectivity index (χ0n) is 17.7. The van der Waals surface area contributed by atoms with Crippen molar-refractivity contribution in [3.8, 4) is 10.7 Å². The number of hydrogen-bond acceptors (Lipinski definition) is 7. The van der Waals surface area contributed by atoms with E-state index in [0.717, 1.165) is 55.1 Å². The molecule has 8 nitrogen and oxygen atoms in total. The molecule has 0 unspecified atom stereocenters. The Labute approximate surface area is 190 Å². The average Bonchev–Trinajstić information content (AvgIpc) is 3.56. The molecule has 1 aromatic carbocycles. The summed E-state index contributed by atoms with van der Waals surface area (Å²) < 4.78 is 5.40. The van der Waals surface area contributed by atoms with Crippen LogP contribution in [0, 0.1) is 5.92 Å². The largest absolute Gasteiger partial charge is 0.338 e. The molecule has 166 valence electrons. The van der Waals surface area contributed by atoms with Crippen LogP contribution in [0.15, 0.2) is 46.3 Å². The van der Waals surface area contributed by atoms with Crippen molar-refractivity contribution in [2.45, 2.75) is 32.2 Å². The number of benzene rings is 1. The number of rotatable bonds is 6. The molecule has 0 atom stereocenters. The summed E-state index contributed by atoms with van der Waals surface area (Å²) in [5, 5.41) is 9.09. The molecule has 0 saturated carbocycles. The van der Waals surface area contributed by atoms with Gasteiger partial charge in [0.15, 0.2) is 0 Å². The molecule has 1 N–H and O–H groups in total. The smallest absolute Gasteiger partial charge is 0.241 e. The van der Waals surface area contributed by atoms with Gasteiger partial charge in [0.2, 0.25) is 23.5 Å². The molecule has 0 bridgehead atoms. The van der Waals surface area contributed by atoms with Gasteiger partial charge >= 0.3 is 0 Å². The number of carbonyl (C=O) groups is 2. The first-order valence-electron chi connectivity index (χ1n) is 11.0. The van der Waals surface area contributed by atoms with E-state index >= 15 is 0 Å². The van der Waals surface area contributed by atoms with Crippen molar-refractivity contribution in [1.29, 1.82) is 0 Å². The molecule has 2 saturated heterocycles. The number of nitrogens with zero attached hydrogens (tertiary/aromatic N) is 4. The van der Waals surface area contributed by atoms with E-state index in [9.17, 15) is 9.59 Å². The average molecular weight is 452 g/mol. The molecule has 0 radical (unpaired) electrons. The molecular weight excluding hydrogens is 426 g/mol. The van der Waals surface area contributed by atoms with Crippen LogP contribution in [0.5, 0.6) is 0 Å². The lowest BCUT2D eigenvalue weighted by molar-refractivity contribution is -0.121. The molecule has 32 heavy (non-hydrogen) atoms. The van der Waals surface area contributed by atoms with Gasteiger partial charge in [0.25, 0.3) is 0 Å². The first kappa shape index (κ1) is 20.8. The molecule has 2 aliphatic rings. The number of aromatic nitrogens is 2. The Morgan fingerprint density at radius 2 is 2.06 bits per heavy atom. The Hall–Kier alpha value is -3.04. The zero-order chi connectivity index (χ0) is 21.9. The van der Waals surface area contributed by atoms with Gasteiger partial charge in [-0.3, -0.25) is 14.5 Å². The summed E-state index contributed by atoms with van der Waals surface area (Å²) in [6.45, 7) is 2.94. The van der Waals surface area contributed by atoms with Crippen molar-refractivity contribution in [1.82, 2.24) is 15.0 Å². The number of amides is 2. The summed E-state index contributed by atoms with van der Waals surface area (Å²) in [6.07, 6.45) is 3.03. The third kappa shape index (κ3) is 4.58. The Morgan fingerprint density at radius 3 is 2.81 bits per heavy atom. The Morgan fingerprint density at radius 1 is 1.19 bits per heavy atom. The molecule has 4 heterocycles. The van der Waals surface area contributed by atoms with Crippen molar-refractivity contribution in [2.24, 2.45) is 5.92 Å². The molecule has 3 aromatic rings. The van der Waals surface area contributed by atoms with Gasteiger partial charge in [-0.05, 0) is 62.0 Å². The fraction of sp³-hybridized carbons (Fsp3) is 0.391. The fourth-order valence-corrected chi connectivity index (χ4v) is 4.94. The van der Waals surface area contributed by atoms with Crippen LogP contribution in [0.3, 0.4) is 0 Å². The van der Waals surface area contributed by atoms with Crippen LogP contribution in [-0.4, -0.2) is 46.5 Å². The van der Waals surface area contributed by atoms with E-state index in [0.29, 0.717) is 24.7 Å². The van der Waals surface area contributed by atoms with Gasteiger partial charge in [0, 0.05) is 30.3 Å². The van der Waals surface area contributed by atoms with Gasteiger partial charge in [0.05, 0.1) is 11.4 Å². The SMILES string of the molecule is O=C(Nc1cccc(N2CCCC2=O)c1)C1CCN(Cc2nc(-c3cccs3)no2)CC1. The second-order valence-corrected chi connectivity index (χ2v) is 9.18. The molecule has 2 aromatic heterocycles. The maximum Gasteiger partial charge on any atom is 0.241 e. The molecule has 5 rings (SSSR count). The number of thiophene rings is 1. The molecular formula is C23H25N5O3S. The number of likely N-dealkylation sites (tertiary alicyclic amines) is 1. The third-order valence-electron chi connectivity index (χ3n) is 6.03. The van der Waals surface area contributed by atoms with E-state index in [-0.39, 0.29) is 17.7 Å². The monoisotopic (exact) mass is 451 g/mol. The highest BCUT2D eigenvalue weighted by atomic mass is 32.1. The van der Waals surface area contributed by atoms with E-state index in [1.54, 1.807) is 16.2 Å². The van der Waals surface area contributed by atoms with Crippen LogP contribution in [0.25, 0.3) is 10.7 Å². The van der Waals surface area contributed by atoms with Crippen LogP contribution in [0.4, 0.5) is 11.4 Å². The zero-order valence-corrected chi connectivity index (χ0v) is 18.5. The van der Waals surface area contributed by atoms with E-state index in [2.05, 4.69) is 20.4 Å². The highest BCUT2D eigenvalue weighted by Gasteiger charge is 2.27. The fourth-order valence-electron chi connectivity index (χ4n) is 4.29. The lowest BCUT2D eigenvalue weighted by Crippen LogP contribution is -2.37. The first-order valence-corrected chi connectivity index (χ1v) is 11.8.